The van der Waals surface area contributed by atoms with E-state index in [2.05, 4.69) is 126 Å². The van der Waals surface area contributed by atoms with E-state index in [0.717, 1.165) is 0 Å². The van der Waals surface area contributed by atoms with E-state index in [1.54, 1.807) is 0 Å². The minimum absolute atomic E-state index is 0.0504. The van der Waals surface area contributed by atoms with Crippen LogP contribution in [0.1, 0.15) is 77.8 Å². The molecule has 32 heavy (non-hydrogen) atoms. The Labute approximate surface area is 192 Å². The predicted molar refractivity (Wildman–Crippen MR) is 134 cm³/mol. The van der Waals surface area contributed by atoms with Crippen LogP contribution in [0, 0.1) is 6.92 Å². The Hall–Kier alpha value is -3.12. The van der Waals surface area contributed by atoms with Crippen molar-refractivity contribution in [1.29, 1.82) is 0 Å². The molecule has 0 atom stereocenters. The van der Waals surface area contributed by atoms with Gasteiger partial charge < -0.3 is 0 Å². The minimum Gasteiger partial charge on any atom is -0.0619 e. The topological polar surface area (TPSA) is 0 Å². The van der Waals surface area contributed by atoms with Crippen LogP contribution >= 0.6 is 0 Å². The van der Waals surface area contributed by atoms with Gasteiger partial charge in [0.15, 0.2) is 0 Å². The molecule has 0 unspecified atom stereocenters. The zero-order chi connectivity index (χ0) is 22.3. The van der Waals surface area contributed by atoms with Crippen LogP contribution < -0.4 is 0 Å². The minimum atomic E-state index is -0.308. The first kappa shape index (κ1) is 19.6. The standard InChI is InChI=1S/C32H30/c1-21-18-19-28-29(20-21)31(4,5)24-14-8-11-17-27(24)32(28)25-15-9-6-12-22(25)30(2,3)23-13-7-10-16-26(23)32/h6-20H,1-5H3. The highest BCUT2D eigenvalue weighted by atomic mass is 14.6. The van der Waals surface area contributed by atoms with E-state index in [1.165, 1.54) is 50.1 Å². The smallest absolute Gasteiger partial charge is 0.0619 e. The molecule has 0 heteroatoms. The molecule has 2 aliphatic rings. The van der Waals surface area contributed by atoms with Gasteiger partial charge in [0.25, 0.3) is 0 Å². The van der Waals surface area contributed by atoms with Crippen LogP contribution in [0.15, 0.2) is 91.0 Å². The monoisotopic (exact) mass is 414 g/mol. The third-order valence-electron chi connectivity index (χ3n) is 8.27. The first-order valence-electron chi connectivity index (χ1n) is 11.7. The van der Waals surface area contributed by atoms with E-state index < -0.39 is 0 Å². The van der Waals surface area contributed by atoms with Crippen LogP contribution in [-0.2, 0) is 16.2 Å². The molecule has 0 radical (unpaired) electrons. The lowest BCUT2D eigenvalue weighted by Crippen LogP contribution is -2.47. The second-order valence-corrected chi connectivity index (χ2v) is 10.7. The maximum Gasteiger partial charge on any atom is 0.0713 e. The molecule has 0 aliphatic heterocycles. The van der Waals surface area contributed by atoms with Gasteiger partial charge in [0, 0.05) is 10.8 Å². The van der Waals surface area contributed by atoms with E-state index in [9.17, 15) is 0 Å². The summed E-state index contributed by atoms with van der Waals surface area (Å²) >= 11 is 0. The second kappa shape index (κ2) is 6.23. The maximum absolute atomic E-state index is 2.43. The average Bonchev–Trinajstić information content (AvgIpc) is 2.80. The fourth-order valence-corrected chi connectivity index (χ4v) is 6.73. The SMILES string of the molecule is Cc1ccc2c(c1)C(C)(C)c1ccccc1C21c2ccccc2C(C)(C)c2ccccc21. The molecule has 0 bridgehead atoms. The van der Waals surface area contributed by atoms with Gasteiger partial charge >= 0.3 is 0 Å². The van der Waals surface area contributed by atoms with Crippen LogP contribution in [-0.4, -0.2) is 0 Å². The van der Waals surface area contributed by atoms with Crippen molar-refractivity contribution in [3.05, 3.63) is 141 Å². The largest absolute Gasteiger partial charge is 0.0713 e. The van der Waals surface area contributed by atoms with Crippen molar-refractivity contribution in [2.24, 2.45) is 0 Å². The molecule has 1 spiro atoms. The zero-order valence-electron chi connectivity index (χ0n) is 19.7. The Morgan fingerprint density at radius 2 is 0.750 bits per heavy atom. The molecule has 158 valence electrons. The number of hydrogen-bond donors (Lipinski definition) is 0. The summed E-state index contributed by atoms with van der Waals surface area (Å²) in [6.07, 6.45) is 0. The Balaban J connectivity index is 1.90. The van der Waals surface area contributed by atoms with Gasteiger partial charge in [0.05, 0.1) is 5.41 Å². The first-order chi connectivity index (χ1) is 15.3. The maximum atomic E-state index is 2.43. The summed E-state index contributed by atoms with van der Waals surface area (Å²) in [7, 11) is 0. The van der Waals surface area contributed by atoms with Gasteiger partial charge in [-0.1, -0.05) is 124 Å². The van der Waals surface area contributed by atoms with Gasteiger partial charge in [-0.3, -0.25) is 0 Å². The molecule has 0 amide bonds. The quantitative estimate of drug-likeness (QED) is 0.277. The summed E-state index contributed by atoms with van der Waals surface area (Å²) in [6, 6.07) is 34.6. The van der Waals surface area contributed by atoms with Crippen molar-refractivity contribution in [3.8, 4) is 0 Å². The summed E-state index contributed by atoms with van der Waals surface area (Å²) in [5.41, 5.74) is 12.4. The van der Waals surface area contributed by atoms with Gasteiger partial charge in [-0.05, 0) is 51.4 Å². The molecule has 0 nitrogen and oxygen atoms in total. The molecule has 2 aliphatic carbocycles. The number of hydrogen-bond acceptors (Lipinski definition) is 0. The Morgan fingerprint density at radius 1 is 0.406 bits per heavy atom. The van der Waals surface area contributed by atoms with Gasteiger partial charge in [0.2, 0.25) is 0 Å². The van der Waals surface area contributed by atoms with Gasteiger partial charge in [-0.2, -0.15) is 0 Å². The van der Waals surface area contributed by atoms with Gasteiger partial charge in [-0.25, -0.2) is 0 Å². The lowest BCUT2D eigenvalue weighted by atomic mass is 9.49. The molecule has 0 heterocycles. The highest BCUT2D eigenvalue weighted by Crippen LogP contribution is 2.61. The zero-order valence-corrected chi connectivity index (χ0v) is 19.7. The summed E-state index contributed by atoms with van der Waals surface area (Å²) in [5.74, 6) is 0. The number of rotatable bonds is 0. The summed E-state index contributed by atoms with van der Waals surface area (Å²) < 4.78 is 0. The van der Waals surface area contributed by atoms with Crippen LogP contribution in [0.25, 0.3) is 0 Å². The first-order valence-corrected chi connectivity index (χ1v) is 11.7. The Kier molecular flexibility index (Phi) is 3.81. The molecule has 4 aromatic rings. The van der Waals surface area contributed by atoms with Crippen molar-refractivity contribution in [3.63, 3.8) is 0 Å². The lowest BCUT2D eigenvalue weighted by Gasteiger charge is -2.53. The van der Waals surface area contributed by atoms with E-state index in [1.807, 2.05) is 0 Å². The lowest BCUT2D eigenvalue weighted by molar-refractivity contribution is 0.514. The summed E-state index contributed by atoms with van der Waals surface area (Å²) in [5, 5.41) is 0. The predicted octanol–water partition coefficient (Wildman–Crippen LogP) is 7.66. The molecule has 0 aromatic heterocycles. The molecule has 0 fully saturated rings. The van der Waals surface area contributed by atoms with Crippen LogP contribution in [0.5, 0.6) is 0 Å². The van der Waals surface area contributed by atoms with Gasteiger partial charge in [-0.15, -0.1) is 0 Å². The molecular formula is C32H30. The van der Waals surface area contributed by atoms with Crippen molar-refractivity contribution in [2.45, 2.75) is 50.9 Å². The Morgan fingerprint density at radius 3 is 1.19 bits per heavy atom. The summed E-state index contributed by atoms with van der Waals surface area (Å²) in [6.45, 7) is 11.8. The van der Waals surface area contributed by atoms with Gasteiger partial charge in [0.1, 0.15) is 0 Å². The molecule has 0 saturated carbocycles. The van der Waals surface area contributed by atoms with E-state index >= 15 is 0 Å². The molecule has 0 saturated heterocycles. The van der Waals surface area contributed by atoms with Crippen LogP contribution in [0.2, 0.25) is 0 Å². The molecular weight excluding hydrogens is 384 g/mol. The van der Waals surface area contributed by atoms with Crippen molar-refractivity contribution >= 4 is 0 Å². The van der Waals surface area contributed by atoms with E-state index in [4.69, 9.17) is 0 Å². The fraction of sp³-hybridized carbons (Fsp3) is 0.250. The third kappa shape index (κ3) is 2.18. The second-order valence-electron chi connectivity index (χ2n) is 10.7. The van der Waals surface area contributed by atoms with Crippen molar-refractivity contribution in [2.75, 3.05) is 0 Å². The van der Waals surface area contributed by atoms with Crippen molar-refractivity contribution in [1.82, 2.24) is 0 Å². The third-order valence-corrected chi connectivity index (χ3v) is 8.27. The fourth-order valence-electron chi connectivity index (χ4n) is 6.73. The van der Waals surface area contributed by atoms with Crippen LogP contribution in [0.3, 0.4) is 0 Å². The number of aryl methyl sites for hydroxylation is 1. The summed E-state index contributed by atoms with van der Waals surface area (Å²) in [4.78, 5) is 0. The number of benzene rings is 4. The van der Waals surface area contributed by atoms with E-state index in [0.29, 0.717) is 0 Å². The number of fused-ring (bicyclic) bond motifs is 8. The highest BCUT2D eigenvalue weighted by molar-refractivity contribution is 5.75. The average molecular weight is 415 g/mol. The normalized spacial score (nSPS) is 18.3. The highest BCUT2D eigenvalue weighted by Gasteiger charge is 2.54. The molecule has 4 aromatic carbocycles. The Bertz CT molecular complexity index is 1320. The molecule has 6 rings (SSSR count). The van der Waals surface area contributed by atoms with Crippen molar-refractivity contribution < 1.29 is 0 Å². The van der Waals surface area contributed by atoms with Crippen LogP contribution in [0.4, 0.5) is 0 Å². The molecule has 0 N–H and O–H groups in total. The van der Waals surface area contributed by atoms with E-state index in [-0.39, 0.29) is 16.2 Å².